The van der Waals surface area contributed by atoms with Crippen LogP contribution < -0.4 is 0 Å². The topological polar surface area (TPSA) is 77.9 Å². The maximum absolute atomic E-state index is 12.0. The molecule has 1 atom stereocenters. The summed E-state index contributed by atoms with van der Waals surface area (Å²) in [6, 6.07) is -0.711. The van der Waals surface area contributed by atoms with Crippen LogP contribution in [0, 0.1) is 0 Å². The van der Waals surface area contributed by atoms with E-state index in [1.807, 2.05) is 0 Å². The molecule has 0 aromatic rings. The molecule has 2 aliphatic heterocycles. The van der Waals surface area contributed by atoms with Crippen LogP contribution in [0.3, 0.4) is 0 Å². The number of carbonyl (C=O) groups is 3. The first-order valence-electron chi connectivity index (χ1n) is 6.39. The maximum Gasteiger partial charge on any atom is 0.326 e. The van der Waals surface area contributed by atoms with Crippen molar-refractivity contribution in [2.24, 2.45) is 0 Å². The summed E-state index contributed by atoms with van der Waals surface area (Å²) >= 11 is 0. The molecule has 0 radical (unpaired) electrons. The van der Waals surface area contributed by atoms with Crippen molar-refractivity contribution in [1.29, 1.82) is 0 Å². The summed E-state index contributed by atoms with van der Waals surface area (Å²) in [6.45, 7) is 1.12. The second-order valence-corrected chi connectivity index (χ2v) is 4.86. The number of carboxylic acid groups (broad SMARTS) is 1. The summed E-state index contributed by atoms with van der Waals surface area (Å²) in [5.41, 5.74) is 0. The predicted octanol–water partition coefficient (Wildman–Crippen LogP) is 0.0745. The van der Waals surface area contributed by atoms with Gasteiger partial charge in [-0.1, -0.05) is 0 Å². The first kappa shape index (κ1) is 12.9. The molecule has 0 spiro atoms. The smallest absolute Gasteiger partial charge is 0.326 e. The molecule has 0 aliphatic carbocycles. The highest BCUT2D eigenvalue weighted by atomic mass is 16.4. The zero-order valence-corrected chi connectivity index (χ0v) is 10.3. The summed E-state index contributed by atoms with van der Waals surface area (Å²) in [5.74, 6) is -1.19. The van der Waals surface area contributed by atoms with E-state index in [-0.39, 0.29) is 18.4 Å². The van der Waals surface area contributed by atoms with Crippen LogP contribution >= 0.6 is 0 Å². The molecule has 2 aliphatic rings. The largest absolute Gasteiger partial charge is 0.480 e. The molecule has 0 aromatic carbocycles. The summed E-state index contributed by atoms with van der Waals surface area (Å²) in [6.07, 6.45) is 3.52. The molecule has 6 heteroatoms. The van der Waals surface area contributed by atoms with E-state index in [1.165, 1.54) is 4.90 Å². The third kappa shape index (κ3) is 2.63. The van der Waals surface area contributed by atoms with Crippen molar-refractivity contribution in [3.63, 3.8) is 0 Å². The van der Waals surface area contributed by atoms with Crippen molar-refractivity contribution < 1.29 is 19.5 Å². The van der Waals surface area contributed by atoms with E-state index in [1.54, 1.807) is 4.90 Å². The Morgan fingerprint density at radius 1 is 1.22 bits per heavy atom. The lowest BCUT2D eigenvalue weighted by molar-refractivity contribution is -0.150. The second-order valence-electron chi connectivity index (χ2n) is 4.86. The molecule has 0 saturated carbocycles. The van der Waals surface area contributed by atoms with Gasteiger partial charge in [0, 0.05) is 19.5 Å². The molecule has 1 N–H and O–H groups in total. The Labute approximate surface area is 106 Å². The van der Waals surface area contributed by atoms with Crippen LogP contribution in [-0.2, 0) is 14.4 Å². The average molecular weight is 254 g/mol. The van der Waals surface area contributed by atoms with Gasteiger partial charge in [0.15, 0.2) is 0 Å². The summed E-state index contributed by atoms with van der Waals surface area (Å²) in [7, 11) is 0. The highest BCUT2D eigenvalue weighted by molar-refractivity contribution is 5.88. The number of rotatable bonds is 3. The van der Waals surface area contributed by atoms with Gasteiger partial charge >= 0.3 is 5.97 Å². The molecule has 1 unspecified atom stereocenters. The van der Waals surface area contributed by atoms with Crippen molar-refractivity contribution in [3.05, 3.63) is 0 Å². The number of amides is 2. The van der Waals surface area contributed by atoms with Gasteiger partial charge in [0.1, 0.15) is 6.04 Å². The van der Waals surface area contributed by atoms with Crippen LogP contribution in [0.5, 0.6) is 0 Å². The van der Waals surface area contributed by atoms with Crippen LogP contribution in [0.4, 0.5) is 0 Å². The number of piperidine rings is 1. The Morgan fingerprint density at radius 3 is 2.67 bits per heavy atom. The lowest BCUT2D eigenvalue weighted by Gasteiger charge is -2.29. The second kappa shape index (κ2) is 5.37. The van der Waals surface area contributed by atoms with Gasteiger partial charge in [0.25, 0.3) is 0 Å². The van der Waals surface area contributed by atoms with Gasteiger partial charge in [-0.25, -0.2) is 4.79 Å². The minimum atomic E-state index is -0.953. The first-order chi connectivity index (χ1) is 8.59. The number of nitrogens with zero attached hydrogens (tertiary/aromatic N) is 2. The Bertz CT molecular complexity index is 369. The van der Waals surface area contributed by atoms with Gasteiger partial charge in [0.2, 0.25) is 11.8 Å². The zero-order chi connectivity index (χ0) is 13.1. The lowest BCUT2D eigenvalue weighted by Crippen LogP contribution is -2.48. The molecule has 2 amide bonds. The SMILES string of the molecule is O=C(O)C1CCCN1C(=O)CN1CCCCC1=O. The van der Waals surface area contributed by atoms with E-state index in [2.05, 4.69) is 0 Å². The maximum atomic E-state index is 12.0. The van der Waals surface area contributed by atoms with Crippen molar-refractivity contribution in [1.82, 2.24) is 9.80 Å². The molecule has 2 rings (SSSR count). The molecule has 2 saturated heterocycles. The van der Waals surface area contributed by atoms with Crippen molar-refractivity contribution in [2.45, 2.75) is 38.1 Å². The summed E-state index contributed by atoms with van der Waals surface area (Å²) < 4.78 is 0. The molecule has 6 nitrogen and oxygen atoms in total. The highest BCUT2D eigenvalue weighted by Crippen LogP contribution is 2.18. The fourth-order valence-corrected chi connectivity index (χ4v) is 2.60. The van der Waals surface area contributed by atoms with Crippen molar-refractivity contribution in [2.75, 3.05) is 19.6 Å². The third-order valence-corrected chi connectivity index (χ3v) is 3.61. The standard InChI is InChI=1S/C12H18N2O4/c15-10-5-1-2-6-13(10)8-11(16)14-7-3-4-9(14)12(17)18/h9H,1-8H2,(H,17,18). The van der Waals surface area contributed by atoms with E-state index in [0.29, 0.717) is 25.9 Å². The minimum Gasteiger partial charge on any atom is -0.480 e. The molecule has 2 fully saturated rings. The zero-order valence-electron chi connectivity index (χ0n) is 10.3. The van der Waals surface area contributed by atoms with Crippen LogP contribution in [0.15, 0.2) is 0 Å². The number of hydrogen-bond acceptors (Lipinski definition) is 3. The number of likely N-dealkylation sites (tertiary alicyclic amines) is 2. The third-order valence-electron chi connectivity index (χ3n) is 3.61. The van der Waals surface area contributed by atoms with Gasteiger partial charge in [-0.2, -0.15) is 0 Å². The van der Waals surface area contributed by atoms with E-state index >= 15 is 0 Å². The lowest BCUT2D eigenvalue weighted by atomic mass is 10.1. The first-order valence-corrected chi connectivity index (χ1v) is 6.39. The highest BCUT2D eigenvalue weighted by Gasteiger charge is 2.35. The van der Waals surface area contributed by atoms with Gasteiger partial charge < -0.3 is 14.9 Å². The number of carboxylic acids is 1. The Kier molecular flexibility index (Phi) is 3.84. The minimum absolute atomic E-state index is 0.000622. The predicted molar refractivity (Wildman–Crippen MR) is 62.8 cm³/mol. The quantitative estimate of drug-likeness (QED) is 0.773. The number of aliphatic carboxylic acids is 1. The average Bonchev–Trinajstić information content (AvgIpc) is 2.81. The molecular formula is C12H18N2O4. The molecule has 2 heterocycles. The molecule has 0 aromatic heterocycles. The Hall–Kier alpha value is -1.59. The summed E-state index contributed by atoms with van der Waals surface area (Å²) in [4.78, 5) is 37.6. The number of hydrogen-bond donors (Lipinski definition) is 1. The van der Waals surface area contributed by atoms with Gasteiger partial charge in [-0.15, -0.1) is 0 Å². The number of carbonyl (C=O) groups excluding carboxylic acids is 2. The van der Waals surface area contributed by atoms with Crippen LogP contribution in [-0.4, -0.2) is 58.4 Å². The normalized spacial score (nSPS) is 24.4. The fraction of sp³-hybridized carbons (Fsp3) is 0.750. The monoisotopic (exact) mass is 254 g/mol. The van der Waals surface area contributed by atoms with Gasteiger partial charge in [-0.05, 0) is 25.7 Å². The van der Waals surface area contributed by atoms with Crippen LogP contribution in [0.1, 0.15) is 32.1 Å². The van der Waals surface area contributed by atoms with Crippen LogP contribution in [0.25, 0.3) is 0 Å². The fourth-order valence-electron chi connectivity index (χ4n) is 2.60. The molecule has 0 bridgehead atoms. The van der Waals surface area contributed by atoms with Crippen molar-refractivity contribution in [3.8, 4) is 0 Å². The molecule has 100 valence electrons. The van der Waals surface area contributed by atoms with E-state index in [9.17, 15) is 14.4 Å². The Morgan fingerprint density at radius 2 is 2.00 bits per heavy atom. The van der Waals surface area contributed by atoms with E-state index < -0.39 is 12.0 Å². The Balaban J connectivity index is 1.94. The van der Waals surface area contributed by atoms with Gasteiger partial charge in [0.05, 0.1) is 6.54 Å². The summed E-state index contributed by atoms with van der Waals surface area (Å²) in [5, 5.41) is 9.02. The van der Waals surface area contributed by atoms with E-state index in [4.69, 9.17) is 5.11 Å². The van der Waals surface area contributed by atoms with E-state index in [0.717, 1.165) is 19.3 Å². The van der Waals surface area contributed by atoms with Crippen LogP contribution in [0.2, 0.25) is 0 Å². The van der Waals surface area contributed by atoms with Crippen molar-refractivity contribution >= 4 is 17.8 Å². The molecular weight excluding hydrogens is 236 g/mol. The van der Waals surface area contributed by atoms with Gasteiger partial charge in [-0.3, -0.25) is 9.59 Å². The molecule has 18 heavy (non-hydrogen) atoms.